The summed E-state index contributed by atoms with van der Waals surface area (Å²) >= 11 is 0. The summed E-state index contributed by atoms with van der Waals surface area (Å²) < 4.78 is 13.6. The molecule has 22 heavy (non-hydrogen) atoms. The minimum atomic E-state index is -0.176. The molecule has 0 radical (unpaired) electrons. The van der Waals surface area contributed by atoms with Crippen LogP contribution in [-0.4, -0.2) is 16.5 Å². The molecule has 2 heterocycles. The molecule has 0 spiro atoms. The lowest BCUT2D eigenvalue weighted by molar-refractivity contribution is 0.526. The van der Waals surface area contributed by atoms with Crippen molar-refractivity contribution >= 4 is 5.82 Å². The maximum atomic E-state index is 13.6. The lowest BCUT2D eigenvalue weighted by atomic mass is 9.95. The molecule has 0 amide bonds. The minimum absolute atomic E-state index is 0.176. The van der Waals surface area contributed by atoms with Crippen LogP contribution in [0, 0.1) is 18.7 Å². The summed E-state index contributed by atoms with van der Waals surface area (Å²) in [5.41, 5.74) is 2.08. The monoisotopic (exact) mass is 299 g/mol. The summed E-state index contributed by atoms with van der Waals surface area (Å²) in [5, 5.41) is 0. The Kier molecular flexibility index (Phi) is 4.10. The van der Waals surface area contributed by atoms with E-state index in [1.165, 1.54) is 6.07 Å². The maximum absolute atomic E-state index is 13.6. The molecule has 0 aliphatic carbocycles. The normalized spacial score (nSPS) is 21.4. The number of nitrogens with zero attached hydrogens (tertiary/aromatic N) is 3. The number of halogens is 1. The van der Waals surface area contributed by atoms with Crippen molar-refractivity contribution in [3.05, 3.63) is 53.2 Å². The second-order valence-electron chi connectivity index (χ2n) is 6.08. The fourth-order valence-electron chi connectivity index (χ4n) is 3.34. The van der Waals surface area contributed by atoms with E-state index in [1.807, 2.05) is 13.0 Å². The Hall–Kier alpha value is -1.97. The van der Waals surface area contributed by atoms with E-state index in [4.69, 9.17) is 0 Å². The summed E-state index contributed by atoms with van der Waals surface area (Å²) in [6.45, 7) is 7.20. The second kappa shape index (κ2) is 6.03. The molecule has 1 aliphatic heterocycles. The van der Waals surface area contributed by atoms with Crippen LogP contribution in [0.25, 0.3) is 0 Å². The van der Waals surface area contributed by atoms with E-state index in [-0.39, 0.29) is 11.9 Å². The van der Waals surface area contributed by atoms with E-state index in [9.17, 15) is 4.39 Å². The van der Waals surface area contributed by atoms with Crippen LogP contribution in [0.15, 0.2) is 30.3 Å². The Morgan fingerprint density at radius 2 is 2.09 bits per heavy atom. The third-order valence-electron chi connectivity index (χ3n) is 4.42. The molecule has 1 saturated heterocycles. The number of rotatable bonds is 3. The average molecular weight is 299 g/mol. The van der Waals surface area contributed by atoms with Crippen LogP contribution in [-0.2, 0) is 6.42 Å². The summed E-state index contributed by atoms with van der Waals surface area (Å²) in [6, 6.07) is 9.19. The zero-order valence-electron chi connectivity index (χ0n) is 13.4. The minimum Gasteiger partial charge on any atom is -0.349 e. The van der Waals surface area contributed by atoms with Crippen LogP contribution in [0.4, 0.5) is 10.2 Å². The number of anilines is 1. The van der Waals surface area contributed by atoms with Gasteiger partial charge in [0, 0.05) is 18.3 Å². The van der Waals surface area contributed by atoms with Crippen molar-refractivity contribution in [3.63, 3.8) is 0 Å². The molecule has 0 saturated carbocycles. The van der Waals surface area contributed by atoms with Crippen molar-refractivity contribution in [2.45, 2.75) is 39.7 Å². The summed E-state index contributed by atoms with van der Waals surface area (Å²) in [6.07, 6.45) is 1.98. The molecule has 2 aromatic rings. The van der Waals surface area contributed by atoms with Crippen LogP contribution < -0.4 is 4.90 Å². The van der Waals surface area contributed by atoms with Crippen LogP contribution in [0.2, 0.25) is 0 Å². The van der Waals surface area contributed by atoms with Gasteiger partial charge in [-0.05, 0) is 43.4 Å². The molecule has 1 aromatic carbocycles. The predicted molar refractivity (Wildman–Crippen MR) is 86.4 cm³/mol. The Morgan fingerprint density at radius 1 is 1.27 bits per heavy atom. The summed E-state index contributed by atoms with van der Waals surface area (Å²) in [4.78, 5) is 11.4. The molecule has 3 nitrogen and oxygen atoms in total. The molecular formula is C18H22FN3. The molecule has 4 heteroatoms. The SMILES string of the molecule is CCc1cc(N2CCC(C)C2c2cccc(F)c2)nc(C)n1. The standard InChI is InChI=1S/C18H22FN3/c1-4-16-11-17(21-13(3)20-16)22-9-8-12(2)18(22)14-6-5-7-15(19)10-14/h5-7,10-12,18H,4,8-9H2,1-3H3. The molecule has 3 rings (SSSR count). The lowest BCUT2D eigenvalue weighted by Crippen LogP contribution is -2.26. The molecule has 1 fully saturated rings. The highest BCUT2D eigenvalue weighted by atomic mass is 19.1. The van der Waals surface area contributed by atoms with E-state index < -0.39 is 0 Å². The highest BCUT2D eigenvalue weighted by molar-refractivity contribution is 5.45. The van der Waals surface area contributed by atoms with E-state index in [0.29, 0.717) is 5.92 Å². The van der Waals surface area contributed by atoms with Gasteiger partial charge in [0.1, 0.15) is 17.5 Å². The zero-order chi connectivity index (χ0) is 15.7. The van der Waals surface area contributed by atoms with Gasteiger partial charge in [0.2, 0.25) is 0 Å². The van der Waals surface area contributed by atoms with Crippen molar-refractivity contribution in [3.8, 4) is 0 Å². The van der Waals surface area contributed by atoms with Crippen molar-refractivity contribution in [1.82, 2.24) is 9.97 Å². The first kappa shape index (κ1) is 14.9. The van der Waals surface area contributed by atoms with Gasteiger partial charge in [-0.1, -0.05) is 26.0 Å². The summed E-state index contributed by atoms with van der Waals surface area (Å²) in [7, 11) is 0. The topological polar surface area (TPSA) is 29.0 Å². The highest BCUT2D eigenvalue weighted by Gasteiger charge is 2.33. The van der Waals surface area contributed by atoms with E-state index in [1.54, 1.807) is 12.1 Å². The molecule has 0 bridgehead atoms. The molecule has 2 unspecified atom stereocenters. The number of hydrogen-bond acceptors (Lipinski definition) is 3. The molecule has 2 atom stereocenters. The van der Waals surface area contributed by atoms with Crippen LogP contribution in [0.1, 0.15) is 43.4 Å². The fourth-order valence-corrected chi connectivity index (χ4v) is 3.34. The van der Waals surface area contributed by atoms with Crippen LogP contribution in [0.5, 0.6) is 0 Å². The molecule has 0 N–H and O–H groups in total. The van der Waals surface area contributed by atoms with Gasteiger partial charge in [0.15, 0.2) is 0 Å². The molecule has 1 aliphatic rings. The Labute approximate surface area is 131 Å². The number of aryl methyl sites for hydroxylation is 2. The van der Waals surface area contributed by atoms with E-state index in [0.717, 1.165) is 42.3 Å². The van der Waals surface area contributed by atoms with Crippen molar-refractivity contribution in [1.29, 1.82) is 0 Å². The smallest absolute Gasteiger partial charge is 0.133 e. The van der Waals surface area contributed by atoms with Crippen molar-refractivity contribution in [2.75, 3.05) is 11.4 Å². The highest BCUT2D eigenvalue weighted by Crippen LogP contribution is 2.39. The lowest BCUT2D eigenvalue weighted by Gasteiger charge is -2.29. The van der Waals surface area contributed by atoms with Gasteiger partial charge in [0.05, 0.1) is 6.04 Å². The molecule has 1 aromatic heterocycles. The second-order valence-corrected chi connectivity index (χ2v) is 6.08. The van der Waals surface area contributed by atoms with Gasteiger partial charge in [-0.2, -0.15) is 0 Å². The first-order chi connectivity index (χ1) is 10.6. The van der Waals surface area contributed by atoms with Crippen molar-refractivity contribution < 1.29 is 4.39 Å². The Bertz CT molecular complexity index is 671. The number of benzene rings is 1. The van der Waals surface area contributed by atoms with Gasteiger partial charge in [-0.25, -0.2) is 14.4 Å². The van der Waals surface area contributed by atoms with E-state index in [2.05, 4.69) is 34.8 Å². The van der Waals surface area contributed by atoms with Crippen molar-refractivity contribution in [2.24, 2.45) is 5.92 Å². The van der Waals surface area contributed by atoms with Gasteiger partial charge in [-0.15, -0.1) is 0 Å². The van der Waals surface area contributed by atoms with Gasteiger partial charge < -0.3 is 4.90 Å². The van der Waals surface area contributed by atoms with Crippen LogP contribution >= 0.6 is 0 Å². The zero-order valence-corrected chi connectivity index (χ0v) is 13.4. The maximum Gasteiger partial charge on any atom is 0.133 e. The predicted octanol–water partition coefficient (Wildman–Crippen LogP) is 4.07. The quantitative estimate of drug-likeness (QED) is 0.855. The summed E-state index contributed by atoms with van der Waals surface area (Å²) in [5.74, 6) is 2.06. The molecular weight excluding hydrogens is 277 g/mol. The first-order valence-electron chi connectivity index (χ1n) is 7.95. The Balaban J connectivity index is 2.00. The van der Waals surface area contributed by atoms with Crippen LogP contribution in [0.3, 0.4) is 0 Å². The third-order valence-corrected chi connectivity index (χ3v) is 4.42. The Morgan fingerprint density at radius 3 is 2.82 bits per heavy atom. The van der Waals surface area contributed by atoms with Gasteiger partial charge >= 0.3 is 0 Å². The average Bonchev–Trinajstić information content (AvgIpc) is 2.88. The third kappa shape index (κ3) is 2.82. The number of hydrogen-bond donors (Lipinski definition) is 0. The largest absolute Gasteiger partial charge is 0.349 e. The number of aromatic nitrogens is 2. The molecule has 116 valence electrons. The van der Waals surface area contributed by atoms with Gasteiger partial charge in [-0.3, -0.25) is 0 Å². The van der Waals surface area contributed by atoms with Gasteiger partial charge in [0.25, 0.3) is 0 Å². The van der Waals surface area contributed by atoms with E-state index >= 15 is 0 Å². The first-order valence-corrected chi connectivity index (χ1v) is 7.95. The fraction of sp³-hybridized carbons (Fsp3) is 0.444.